The van der Waals surface area contributed by atoms with E-state index in [0.717, 1.165) is 50.7 Å². The zero-order valence-electron chi connectivity index (χ0n) is 13.7. The average Bonchev–Trinajstić information content (AvgIpc) is 2.56. The summed E-state index contributed by atoms with van der Waals surface area (Å²) in [7, 11) is 1.80. The zero-order chi connectivity index (χ0) is 15.1. The first-order valence-corrected chi connectivity index (χ1v) is 9.14. The summed E-state index contributed by atoms with van der Waals surface area (Å²) >= 11 is 2.04. The van der Waals surface area contributed by atoms with Crippen LogP contribution in [0.15, 0.2) is 4.99 Å². The van der Waals surface area contributed by atoms with Crippen LogP contribution >= 0.6 is 35.7 Å². The number of nitrogens with one attached hydrogen (secondary N) is 1. The molecular formula is C15H29IN4OS. The van der Waals surface area contributed by atoms with Gasteiger partial charge in [0, 0.05) is 44.2 Å². The van der Waals surface area contributed by atoms with Gasteiger partial charge in [0.15, 0.2) is 5.96 Å². The number of halogens is 1. The minimum atomic E-state index is 0. The second kappa shape index (κ2) is 10.6. The third kappa shape index (κ3) is 5.79. The quantitative estimate of drug-likeness (QED) is 0.415. The molecule has 22 heavy (non-hydrogen) atoms. The van der Waals surface area contributed by atoms with Crippen LogP contribution in [0.5, 0.6) is 0 Å². The van der Waals surface area contributed by atoms with E-state index in [-0.39, 0.29) is 29.9 Å². The largest absolute Gasteiger partial charge is 0.347 e. The Morgan fingerprint density at radius 3 is 2.59 bits per heavy atom. The summed E-state index contributed by atoms with van der Waals surface area (Å²) in [6, 6.07) is 0. The molecule has 2 rings (SSSR count). The van der Waals surface area contributed by atoms with Gasteiger partial charge in [0.2, 0.25) is 5.91 Å². The maximum Gasteiger partial charge on any atom is 0.241 e. The smallest absolute Gasteiger partial charge is 0.241 e. The topological polar surface area (TPSA) is 47.9 Å². The van der Waals surface area contributed by atoms with Crippen LogP contribution < -0.4 is 5.32 Å². The number of guanidine groups is 1. The van der Waals surface area contributed by atoms with Crippen LogP contribution in [0.2, 0.25) is 0 Å². The first kappa shape index (κ1) is 19.9. The van der Waals surface area contributed by atoms with Crippen molar-refractivity contribution in [2.75, 3.05) is 45.5 Å². The van der Waals surface area contributed by atoms with E-state index in [0.29, 0.717) is 11.8 Å². The van der Waals surface area contributed by atoms with E-state index < -0.39 is 0 Å². The molecule has 1 atom stereocenters. The number of thioether (sulfide) groups is 1. The van der Waals surface area contributed by atoms with Crippen molar-refractivity contribution >= 4 is 47.6 Å². The Balaban J connectivity index is 0.00000242. The minimum absolute atomic E-state index is 0. The average molecular weight is 440 g/mol. The molecule has 0 aromatic heterocycles. The highest BCUT2D eigenvalue weighted by Crippen LogP contribution is 2.20. The summed E-state index contributed by atoms with van der Waals surface area (Å²) in [5.41, 5.74) is 0. The van der Waals surface area contributed by atoms with Gasteiger partial charge in [-0.3, -0.25) is 9.79 Å². The molecular weight excluding hydrogens is 411 g/mol. The van der Waals surface area contributed by atoms with E-state index in [1.54, 1.807) is 7.05 Å². The normalized spacial score (nSPS) is 23.0. The molecule has 0 aromatic carbocycles. The Morgan fingerprint density at radius 1 is 1.23 bits per heavy atom. The van der Waals surface area contributed by atoms with Crippen molar-refractivity contribution in [3.05, 3.63) is 0 Å². The Bertz CT molecular complexity index is 375. The fraction of sp³-hybridized carbons (Fsp3) is 0.867. The maximum absolute atomic E-state index is 12.2. The number of carbonyl (C=O) groups is 1. The van der Waals surface area contributed by atoms with Crippen LogP contribution in [-0.4, -0.2) is 72.4 Å². The lowest BCUT2D eigenvalue weighted by molar-refractivity contribution is -0.130. The van der Waals surface area contributed by atoms with Gasteiger partial charge in [-0.1, -0.05) is 6.92 Å². The highest BCUT2D eigenvalue weighted by molar-refractivity contribution is 14.0. The van der Waals surface area contributed by atoms with Gasteiger partial charge < -0.3 is 15.1 Å². The first-order chi connectivity index (χ1) is 10.2. The molecule has 0 aliphatic carbocycles. The molecule has 7 heteroatoms. The molecule has 2 saturated heterocycles. The van der Waals surface area contributed by atoms with E-state index in [9.17, 15) is 4.79 Å². The van der Waals surface area contributed by atoms with Crippen LogP contribution in [0.25, 0.3) is 0 Å². The molecule has 1 unspecified atom stereocenters. The number of piperidine rings is 1. The second-order valence-electron chi connectivity index (χ2n) is 5.69. The molecule has 1 amide bonds. The Kier molecular flexibility index (Phi) is 9.54. The third-order valence-corrected chi connectivity index (χ3v) is 5.58. The van der Waals surface area contributed by atoms with Crippen molar-refractivity contribution in [1.82, 2.24) is 15.1 Å². The van der Waals surface area contributed by atoms with E-state index in [4.69, 9.17) is 0 Å². The molecule has 2 aliphatic heterocycles. The van der Waals surface area contributed by atoms with Crippen molar-refractivity contribution in [2.24, 2.45) is 4.99 Å². The molecule has 0 saturated carbocycles. The maximum atomic E-state index is 12.2. The highest BCUT2D eigenvalue weighted by Gasteiger charge is 2.22. The molecule has 2 heterocycles. The van der Waals surface area contributed by atoms with Gasteiger partial charge in [-0.25, -0.2) is 0 Å². The second-order valence-corrected chi connectivity index (χ2v) is 7.10. The lowest BCUT2D eigenvalue weighted by Gasteiger charge is -2.34. The van der Waals surface area contributed by atoms with Crippen molar-refractivity contribution in [3.63, 3.8) is 0 Å². The van der Waals surface area contributed by atoms with Gasteiger partial charge in [0.1, 0.15) is 0 Å². The van der Waals surface area contributed by atoms with Crippen molar-refractivity contribution in [1.29, 1.82) is 0 Å². The van der Waals surface area contributed by atoms with Crippen molar-refractivity contribution < 1.29 is 4.79 Å². The molecule has 1 N–H and O–H groups in total. The van der Waals surface area contributed by atoms with Crippen LogP contribution in [0.1, 0.15) is 32.6 Å². The van der Waals surface area contributed by atoms with Gasteiger partial charge in [0.05, 0.1) is 6.54 Å². The fourth-order valence-electron chi connectivity index (χ4n) is 2.90. The number of carbonyl (C=O) groups excluding carboxylic acids is 1. The molecule has 0 bridgehead atoms. The van der Waals surface area contributed by atoms with E-state index in [1.807, 2.05) is 16.7 Å². The standard InChI is InChI=1S/C15H28N4OS.HI/c1-3-13-12-19(9-10-21-13)15(16-2)17-11-14(20)18-7-5-4-6-8-18;/h13H,3-12H2,1-2H3,(H,16,17);1H. The summed E-state index contributed by atoms with van der Waals surface area (Å²) in [5.74, 6) is 2.22. The summed E-state index contributed by atoms with van der Waals surface area (Å²) in [5, 5.41) is 3.93. The van der Waals surface area contributed by atoms with Gasteiger partial charge in [-0.05, 0) is 25.7 Å². The van der Waals surface area contributed by atoms with Crippen LogP contribution in [-0.2, 0) is 4.79 Å². The molecule has 128 valence electrons. The molecule has 2 fully saturated rings. The Hall–Kier alpha value is -0.180. The fourth-order valence-corrected chi connectivity index (χ4v) is 4.08. The number of rotatable bonds is 3. The first-order valence-electron chi connectivity index (χ1n) is 8.09. The van der Waals surface area contributed by atoms with Crippen LogP contribution in [0, 0.1) is 0 Å². The van der Waals surface area contributed by atoms with Gasteiger partial charge >= 0.3 is 0 Å². The molecule has 2 aliphatic rings. The Labute approximate surface area is 155 Å². The summed E-state index contributed by atoms with van der Waals surface area (Å²) in [6.07, 6.45) is 4.72. The third-order valence-electron chi connectivity index (χ3n) is 4.21. The van der Waals surface area contributed by atoms with Crippen LogP contribution in [0.4, 0.5) is 0 Å². The summed E-state index contributed by atoms with van der Waals surface area (Å²) in [6.45, 7) is 6.47. The lowest BCUT2D eigenvalue weighted by atomic mass is 10.1. The predicted octanol–water partition coefficient (Wildman–Crippen LogP) is 2.02. The number of aliphatic imine (C=N–C) groups is 1. The van der Waals surface area contributed by atoms with Gasteiger partial charge in [-0.15, -0.1) is 24.0 Å². The number of amides is 1. The summed E-state index contributed by atoms with van der Waals surface area (Å²) < 4.78 is 0. The number of hydrogen-bond donors (Lipinski definition) is 1. The van der Waals surface area contributed by atoms with Crippen molar-refractivity contribution in [3.8, 4) is 0 Å². The molecule has 0 spiro atoms. The molecule has 0 radical (unpaired) electrons. The predicted molar refractivity (Wildman–Crippen MR) is 105 cm³/mol. The lowest BCUT2D eigenvalue weighted by Crippen LogP contribution is -2.50. The number of hydrogen-bond acceptors (Lipinski definition) is 3. The van der Waals surface area contributed by atoms with Crippen LogP contribution in [0.3, 0.4) is 0 Å². The van der Waals surface area contributed by atoms with E-state index >= 15 is 0 Å². The number of likely N-dealkylation sites (tertiary alicyclic amines) is 1. The SMILES string of the molecule is CCC1CN(C(=NC)NCC(=O)N2CCCCC2)CCS1.I. The van der Waals surface area contributed by atoms with Gasteiger partial charge in [0.25, 0.3) is 0 Å². The number of nitrogens with zero attached hydrogens (tertiary/aromatic N) is 3. The molecule has 5 nitrogen and oxygen atoms in total. The van der Waals surface area contributed by atoms with Crippen molar-refractivity contribution in [2.45, 2.75) is 37.9 Å². The highest BCUT2D eigenvalue weighted by atomic mass is 127. The minimum Gasteiger partial charge on any atom is -0.347 e. The molecule has 0 aromatic rings. The van der Waals surface area contributed by atoms with Gasteiger partial charge in [-0.2, -0.15) is 11.8 Å². The summed E-state index contributed by atoms with van der Waals surface area (Å²) in [4.78, 5) is 20.8. The van der Waals surface area contributed by atoms with E-state index in [1.165, 1.54) is 12.8 Å². The Morgan fingerprint density at radius 2 is 1.95 bits per heavy atom. The van der Waals surface area contributed by atoms with E-state index in [2.05, 4.69) is 22.1 Å². The monoisotopic (exact) mass is 440 g/mol. The zero-order valence-corrected chi connectivity index (χ0v) is 16.9.